The van der Waals surface area contributed by atoms with Crippen molar-refractivity contribution in [1.29, 1.82) is 0 Å². The molecule has 6 heteroatoms. The summed E-state index contributed by atoms with van der Waals surface area (Å²) >= 11 is 0. The van der Waals surface area contributed by atoms with Crippen LogP contribution in [0, 0.1) is 6.92 Å². The van der Waals surface area contributed by atoms with Gasteiger partial charge in [0.1, 0.15) is 5.65 Å². The molecule has 0 saturated heterocycles. The van der Waals surface area contributed by atoms with Crippen LogP contribution in [0.15, 0.2) is 79.3 Å². The summed E-state index contributed by atoms with van der Waals surface area (Å²) in [4.78, 5) is 19.9. The largest absolute Gasteiger partial charge is 0.346 e. The predicted octanol–water partition coefficient (Wildman–Crippen LogP) is 5.52. The third-order valence-electron chi connectivity index (χ3n) is 4.95. The molecule has 0 unspecified atom stereocenters. The van der Waals surface area contributed by atoms with E-state index in [0.717, 1.165) is 16.3 Å². The molecule has 0 saturated carbocycles. The van der Waals surface area contributed by atoms with Gasteiger partial charge in [-0.1, -0.05) is 18.2 Å². The highest BCUT2D eigenvalue weighted by atomic mass is 16.2. The van der Waals surface area contributed by atoms with Gasteiger partial charge in [-0.15, -0.1) is 0 Å². The van der Waals surface area contributed by atoms with Crippen molar-refractivity contribution in [2.75, 3.05) is 10.6 Å². The van der Waals surface area contributed by atoms with Gasteiger partial charge in [0.2, 0.25) is 0 Å². The fourth-order valence-electron chi connectivity index (χ4n) is 3.56. The molecular weight excluding hydrogens is 374 g/mol. The fourth-order valence-corrected chi connectivity index (χ4v) is 3.56. The summed E-state index contributed by atoms with van der Waals surface area (Å²) in [5, 5.41) is 7.19. The van der Waals surface area contributed by atoms with Crippen LogP contribution in [0.4, 0.5) is 16.2 Å². The average molecular weight is 397 g/mol. The molecule has 3 heterocycles. The third-order valence-corrected chi connectivity index (χ3v) is 4.95. The lowest BCUT2D eigenvalue weighted by Crippen LogP contribution is -2.19. The Kier molecular flexibility index (Phi) is 3.90. The van der Waals surface area contributed by atoms with Gasteiger partial charge in [0.25, 0.3) is 0 Å². The highest BCUT2D eigenvalue weighted by molar-refractivity contribution is 6.05. The molecule has 0 atom stereocenters. The predicted molar refractivity (Wildman–Crippen MR) is 121 cm³/mol. The molecule has 0 radical (unpaired) electrons. The molecule has 0 bridgehead atoms. The number of rotatable bonds is 4. The maximum atomic E-state index is 12.6. The molecule has 0 aliphatic heterocycles. The Morgan fingerprint density at radius 1 is 1.10 bits per heavy atom. The normalized spacial score (nSPS) is 12.6. The van der Waals surface area contributed by atoms with Gasteiger partial charge in [-0.3, -0.25) is 0 Å². The van der Waals surface area contributed by atoms with E-state index in [1.54, 1.807) is 41.4 Å². The summed E-state index contributed by atoms with van der Waals surface area (Å²) in [6.45, 7) is 0.135. The number of H-pyrrole nitrogens is 1. The van der Waals surface area contributed by atoms with Crippen molar-refractivity contribution in [3.8, 4) is 0 Å². The van der Waals surface area contributed by atoms with E-state index in [1.807, 2.05) is 49.4 Å². The van der Waals surface area contributed by atoms with Crippen LogP contribution in [-0.4, -0.2) is 20.6 Å². The summed E-state index contributed by atoms with van der Waals surface area (Å²) in [5.41, 5.74) is 4.16. The van der Waals surface area contributed by atoms with E-state index in [1.165, 1.54) is 0 Å². The number of benzene rings is 2. The molecule has 148 valence electrons. The van der Waals surface area contributed by atoms with Gasteiger partial charge < -0.3 is 20.2 Å². The van der Waals surface area contributed by atoms with Gasteiger partial charge in [-0.2, -0.15) is 0 Å². The van der Waals surface area contributed by atoms with Crippen LogP contribution in [0.2, 0.25) is 0 Å². The van der Waals surface area contributed by atoms with Crippen LogP contribution in [0.1, 0.15) is 13.9 Å². The molecule has 3 N–H and O–H groups in total. The van der Waals surface area contributed by atoms with E-state index in [9.17, 15) is 4.79 Å². The molecule has 30 heavy (non-hydrogen) atoms. The highest BCUT2D eigenvalue weighted by Crippen LogP contribution is 2.27. The maximum Gasteiger partial charge on any atom is 0.323 e. The molecule has 5 rings (SSSR count). The minimum atomic E-state index is -1.83. The fraction of sp³-hybridized carbons (Fsp3) is 0.0833. The molecular formula is C24H21N5O. The van der Waals surface area contributed by atoms with Gasteiger partial charge in [0.05, 0.1) is 13.9 Å². The Labute approximate surface area is 176 Å². The maximum absolute atomic E-state index is 12.6. The second-order valence-electron chi connectivity index (χ2n) is 7.09. The van der Waals surface area contributed by atoms with E-state index in [2.05, 4.69) is 20.6 Å². The van der Waals surface area contributed by atoms with Crippen molar-refractivity contribution in [3.05, 3.63) is 90.4 Å². The number of hydrogen-bond acceptors (Lipinski definition) is 2. The number of aryl methyl sites for hydroxylation is 1. The van der Waals surface area contributed by atoms with Crippen molar-refractivity contribution in [1.82, 2.24) is 14.5 Å². The average Bonchev–Trinajstić information content (AvgIpc) is 3.39. The zero-order valence-corrected chi connectivity index (χ0v) is 16.3. The number of fused-ring (bicyclic) bond motifs is 2. The van der Waals surface area contributed by atoms with Crippen LogP contribution < -0.4 is 10.6 Å². The first-order chi connectivity index (χ1) is 15.4. The quantitative estimate of drug-likeness (QED) is 0.374. The zero-order chi connectivity index (χ0) is 22.3. The summed E-state index contributed by atoms with van der Waals surface area (Å²) in [6, 6.07) is 18.1. The molecule has 0 aliphatic carbocycles. The van der Waals surface area contributed by atoms with Crippen molar-refractivity contribution in [3.63, 3.8) is 0 Å². The monoisotopic (exact) mass is 397 g/mol. The topological polar surface area (TPSA) is 74.7 Å². The van der Waals surface area contributed by atoms with E-state index in [-0.39, 0.29) is 6.03 Å². The lowest BCUT2D eigenvalue weighted by atomic mass is 10.2. The summed E-state index contributed by atoms with van der Waals surface area (Å²) < 4.78 is 19.3. The van der Waals surface area contributed by atoms with Crippen LogP contribution in [0.25, 0.3) is 21.9 Å². The van der Waals surface area contributed by atoms with E-state index >= 15 is 0 Å². The zero-order valence-electron chi connectivity index (χ0n) is 18.3. The molecule has 0 spiro atoms. The van der Waals surface area contributed by atoms with E-state index < -0.39 is 6.50 Å². The van der Waals surface area contributed by atoms with E-state index in [4.69, 9.17) is 2.74 Å². The minimum absolute atomic E-state index is 0.360. The minimum Gasteiger partial charge on any atom is -0.346 e. The Bertz CT molecular complexity index is 1450. The lowest BCUT2D eigenvalue weighted by Gasteiger charge is -2.10. The molecule has 3 aromatic heterocycles. The van der Waals surface area contributed by atoms with Crippen LogP contribution in [0.3, 0.4) is 0 Å². The Hall–Kier alpha value is -4.06. The standard InChI is InChI=1S/C24H21N5O/c1-16-5-2-6-18(13-16)27-24(30)28-21-8-3-9-22-20(21)10-12-29(22)15-17-14-26-23-19(17)7-4-11-25-23/h2-14H,15H2,1H3,(H,25,26)(H2,27,28,30)/i15D2. The molecule has 5 aromatic rings. The molecule has 0 aliphatic rings. The number of aromatic amines is 1. The second kappa shape index (κ2) is 7.40. The number of carbonyl (C=O) groups is 1. The number of aromatic nitrogens is 3. The lowest BCUT2D eigenvalue weighted by molar-refractivity contribution is 0.262. The second-order valence-corrected chi connectivity index (χ2v) is 7.09. The van der Waals surface area contributed by atoms with Gasteiger partial charge in [-0.05, 0) is 60.5 Å². The van der Waals surface area contributed by atoms with Crippen LogP contribution in [0.5, 0.6) is 0 Å². The van der Waals surface area contributed by atoms with Crippen molar-refractivity contribution < 1.29 is 7.54 Å². The molecule has 0 fully saturated rings. The first-order valence-corrected chi connectivity index (χ1v) is 9.61. The van der Waals surface area contributed by atoms with Crippen molar-refractivity contribution in [2.45, 2.75) is 13.4 Å². The van der Waals surface area contributed by atoms with E-state index in [0.29, 0.717) is 28.1 Å². The Morgan fingerprint density at radius 3 is 2.90 bits per heavy atom. The summed E-state index contributed by atoms with van der Waals surface area (Å²) in [7, 11) is 0. The van der Waals surface area contributed by atoms with Gasteiger partial charge >= 0.3 is 6.03 Å². The highest BCUT2D eigenvalue weighted by Gasteiger charge is 2.11. The first-order valence-electron chi connectivity index (χ1n) is 10.6. The number of urea groups is 1. The number of hydrogen-bond donors (Lipinski definition) is 3. The number of amides is 2. The Balaban J connectivity index is 1.48. The number of nitrogens with one attached hydrogen (secondary N) is 3. The van der Waals surface area contributed by atoms with Gasteiger partial charge in [0, 0.05) is 41.5 Å². The van der Waals surface area contributed by atoms with Gasteiger partial charge in [0.15, 0.2) is 0 Å². The molecule has 2 amide bonds. The number of carbonyl (C=O) groups excluding carboxylic acids is 1. The van der Waals surface area contributed by atoms with Crippen LogP contribution in [-0.2, 0) is 6.50 Å². The molecule has 6 nitrogen and oxygen atoms in total. The first kappa shape index (κ1) is 15.8. The number of pyridine rings is 1. The SMILES string of the molecule is [2H]C([2H])(c1c[nH]c2ncccc12)n1ccc2c(NC(=O)Nc3cccc(C)c3)cccc21. The molecule has 2 aromatic carbocycles. The van der Waals surface area contributed by atoms with Crippen molar-refractivity contribution >= 4 is 39.3 Å². The summed E-state index contributed by atoms with van der Waals surface area (Å²) in [5.74, 6) is 0. The van der Waals surface area contributed by atoms with Crippen molar-refractivity contribution in [2.24, 2.45) is 0 Å². The third kappa shape index (κ3) is 3.39. The number of nitrogens with zero attached hydrogens (tertiary/aromatic N) is 2. The Morgan fingerprint density at radius 2 is 2.00 bits per heavy atom. The van der Waals surface area contributed by atoms with Gasteiger partial charge in [-0.25, -0.2) is 9.78 Å². The summed E-state index contributed by atoms with van der Waals surface area (Å²) in [6.07, 6.45) is 5.02. The smallest absolute Gasteiger partial charge is 0.323 e. The number of anilines is 2. The van der Waals surface area contributed by atoms with Crippen LogP contribution >= 0.6 is 0 Å².